The molecule has 0 spiro atoms. The minimum Gasteiger partial charge on any atom is -0.489 e. The Bertz CT molecular complexity index is 650. The van der Waals surface area contributed by atoms with E-state index in [1.165, 1.54) is 17.7 Å². The van der Waals surface area contributed by atoms with Crippen LogP contribution in [0.4, 0.5) is 18.9 Å². The molecule has 3 rings (SSSR count). The van der Waals surface area contributed by atoms with Gasteiger partial charge in [-0.1, -0.05) is 12.1 Å². The zero-order valence-electron chi connectivity index (χ0n) is 11.9. The molecule has 2 aromatic carbocycles. The molecule has 0 fully saturated rings. The highest BCUT2D eigenvalue weighted by molar-refractivity contribution is 5.54. The number of alkyl halides is 3. The third kappa shape index (κ3) is 3.35. The molecule has 1 N–H and O–H groups in total. The number of fused-ring (bicyclic) bond motifs is 1. The van der Waals surface area contributed by atoms with Gasteiger partial charge in [0.1, 0.15) is 12.4 Å². The van der Waals surface area contributed by atoms with Crippen molar-refractivity contribution in [2.75, 3.05) is 11.9 Å². The number of anilines is 1. The Balaban J connectivity index is 1.65. The molecule has 0 unspecified atom stereocenters. The van der Waals surface area contributed by atoms with Crippen molar-refractivity contribution >= 4 is 5.69 Å². The van der Waals surface area contributed by atoms with E-state index < -0.39 is 11.7 Å². The number of benzene rings is 2. The fourth-order valence-electron chi connectivity index (χ4n) is 2.50. The minimum absolute atomic E-state index is 0.334. The summed E-state index contributed by atoms with van der Waals surface area (Å²) in [6.07, 6.45) is -2.11. The number of hydrogen-bond acceptors (Lipinski definition) is 2. The van der Waals surface area contributed by atoms with Gasteiger partial charge in [-0.15, -0.1) is 0 Å². The smallest absolute Gasteiger partial charge is 0.416 e. The third-order valence-corrected chi connectivity index (χ3v) is 3.70. The van der Waals surface area contributed by atoms with Gasteiger partial charge in [-0.05, 0) is 54.3 Å². The average Bonchev–Trinajstić information content (AvgIpc) is 2.52. The fraction of sp³-hybridized carbons (Fsp3) is 0.294. The number of aryl methyl sites for hydroxylation is 1. The van der Waals surface area contributed by atoms with Gasteiger partial charge < -0.3 is 10.1 Å². The number of nitrogens with one attached hydrogen (secondary N) is 1. The van der Waals surface area contributed by atoms with Crippen LogP contribution in [-0.4, -0.2) is 6.54 Å². The molecule has 0 radical (unpaired) electrons. The molecule has 0 saturated heterocycles. The maximum Gasteiger partial charge on any atom is 0.416 e. The molecule has 1 aliphatic heterocycles. The lowest BCUT2D eigenvalue weighted by Crippen LogP contribution is -2.12. The van der Waals surface area contributed by atoms with E-state index in [4.69, 9.17) is 4.74 Å². The molecular weight excluding hydrogens is 291 g/mol. The van der Waals surface area contributed by atoms with Gasteiger partial charge in [-0.3, -0.25) is 0 Å². The molecule has 0 amide bonds. The van der Waals surface area contributed by atoms with Crippen LogP contribution in [0.1, 0.15) is 23.1 Å². The van der Waals surface area contributed by atoms with Crippen molar-refractivity contribution in [3.05, 3.63) is 59.2 Å². The van der Waals surface area contributed by atoms with E-state index >= 15 is 0 Å². The van der Waals surface area contributed by atoms with Crippen molar-refractivity contribution in [1.82, 2.24) is 0 Å². The van der Waals surface area contributed by atoms with Gasteiger partial charge in [-0.25, -0.2) is 0 Å². The van der Waals surface area contributed by atoms with Gasteiger partial charge in [0.15, 0.2) is 0 Å². The van der Waals surface area contributed by atoms with Crippen molar-refractivity contribution in [1.29, 1.82) is 0 Å². The van der Waals surface area contributed by atoms with Crippen LogP contribution in [0.25, 0.3) is 0 Å². The molecule has 0 saturated carbocycles. The van der Waals surface area contributed by atoms with E-state index in [0.29, 0.717) is 12.4 Å². The Kier molecular flexibility index (Phi) is 3.96. The Morgan fingerprint density at radius 1 is 1.05 bits per heavy atom. The molecule has 2 nitrogen and oxygen atoms in total. The predicted molar refractivity (Wildman–Crippen MR) is 79.0 cm³/mol. The van der Waals surface area contributed by atoms with Crippen LogP contribution in [-0.2, 0) is 19.2 Å². The van der Waals surface area contributed by atoms with Gasteiger partial charge in [-0.2, -0.15) is 13.2 Å². The van der Waals surface area contributed by atoms with Crippen LogP contribution < -0.4 is 10.1 Å². The highest BCUT2D eigenvalue weighted by Crippen LogP contribution is 2.30. The van der Waals surface area contributed by atoms with Crippen LogP contribution in [0.2, 0.25) is 0 Å². The van der Waals surface area contributed by atoms with E-state index in [1.54, 1.807) is 0 Å². The quantitative estimate of drug-likeness (QED) is 0.891. The fourth-order valence-corrected chi connectivity index (χ4v) is 2.50. The van der Waals surface area contributed by atoms with E-state index in [-0.39, 0.29) is 0 Å². The molecule has 2 aromatic rings. The van der Waals surface area contributed by atoms with Crippen molar-refractivity contribution < 1.29 is 17.9 Å². The van der Waals surface area contributed by atoms with Gasteiger partial charge in [0, 0.05) is 12.2 Å². The summed E-state index contributed by atoms with van der Waals surface area (Å²) in [5.74, 6) is 0.429. The summed E-state index contributed by atoms with van der Waals surface area (Å²) in [6, 6.07) is 10.9. The lowest BCUT2D eigenvalue weighted by Gasteiger charge is -2.18. The van der Waals surface area contributed by atoms with Gasteiger partial charge in [0.25, 0.3) is 0 Å². The Morgan fingerprint density at radius 2 is 1.82 bits per heavy atom. The van der Waals surface area contributed by atoms with Crippen LogP contribution >= 0.6 is 0 Å². The summed E-state index contributed by atoms with van der Waals surface area (Å²) >= 11 is 0. The number of rotatable bonds is 3. The summed E-state index contributed by atoms with van der Waals surface area (Å²) in [5.41, 5.74) is 2.75. The molecule has 5 heteroatoms. The maximum atomic E-state index is 12.5. The van der Waals surface area contributed by atoms with Crippen LogP contribution in [0, 0.1) is 0 Å². The Morgan fingerprint density at radius 3 is 2.55 bits per heavy atom. The zero-order chi connectivity index (χ0) is 15.6. The van der Waals surface area contributed by atoms with Crippen LogP contribution in [0.15, 0.2) is 42.5 Å². The van der Waals surface area contributed by atoms with Gasteiger partial charge in [0.2, 0.25) is 0 Å². The standard InChI is InChI=1S/C17H16F3NO/c18-17(19,20)14-5-7-15(8-6-14)22-11-12-3-4-13-2-1-9-21-16(13)10-12/h3-8,10,21H,1-2,9,11H2. The SMILES string of the molecule is FC(F)(F)c1ccc(OCc2ccc3c(c2)NCCC3)cc1. The molecule has 0 bridgehead atoms. The summed E-state index contributed by atoms with van der Waals surface area (Å²) in [5, 5.41) is 3.34. The molecule has 0 atom stereocenters. The number of ether oxygens (including phenoxy) is 1. The second kappa shape index (κ2) is 5.91. The third-order valence-electron chi connectivity index (χ3n) is 3.70. The molecule has 116 valence electrons. The van der Waals surface area contributed by atoms with Crippen molar-refractivity contribution in [3.63, 3.8) is 0 Å². The highest BCUT2D eigenvalue weighted by Gasteiger charge is 2.30. The highest BCUT2D eigenvalue weighted by atomic mass is 19.4. The maximum absolute atomic E-state index is 12.5. The summed E-state index contributed by atoms with van der Waals surface area (Å²) < 4.78 is 43.0. The van der Waals surface area contributed by atoms with E-state index in [1.807, 2.05) is 12.1 Å². The summed E-state index contributed by atoms with van der Waals surface area (Å²) in [6.45, 7) is 1.30. The molecular formula is C17H16F3NO. The van der Waals surface area contributed by atoms with Crippen LogP contribution in [0.3, 0.4) is 0 Å². The topological polar surface area (TPSA) is 21.3 Å². The predicted octanol–water partition coefficient (Wildman–Crippen LogP) is 4.64. The second-order valence-electron chi connectivity index (χ2n) is 5.33. The van der Waals surface area contributed by atoms with Crippen LogP contribution in [0.5, 0.6) is 5.75 Å². The second-order valence-corrected chi connectivity index (χ2v) is 5.33. The lowest BCUT2D eigenvalue weighted by atomic mass is 10.0. The average molecular weight is 307 g/mol. The van der Waals surface area contributed by atoms with Crippen molar-refractivity contribution in [2.24, 2.45) is 0 Å². The van der Waals surface area contributed by atoms with Gasteiger partial charge in [0.05, 0.1) is 5.56 Å². The lowest BCUT2D eigenvalue weighted by molar-refractivity contribution is -0.137. The Hall–Kier alpha value is -2.17. The normalized spacial score (nSPS) is 14.1. The van der Waals surface area contributed by atoms with E-state index in [0.717, 1.165) is 42.8 Å². The molecule has 1 aliphatic rings. The summed E-state index contributed by atoms with van der Waals surface area (Å²) in [4.78, 5) is 0. The monoisotopic (exact) mass is 307 g/mol. The molecule has 0 aliphatic carbocycles. The first-order chi connectivity index (χ1) is 10.5. The first kappa shape index (κ1) is 14.8. The number of hydrogen-bond donors (Lipinski definition) is 1. The van der Waals surface area contributed by atoms with E-state index in [9.17, 15) is 13.2 Å². The first-order valence-electron chi connectivity index (χ1n) is 7.18. The molecule has 0 aromatic heterocycles. The van der Waals surface area contributed by atoms with E-state index in [2.05, 4.69) is 11.4 Å². The summed E-state index contributed by atoms with van der Waals surface area (Å²) in [7, 11) is 0. The zero-order valence-corrected chi connectivity index (χ0v) is 11.9. The minimum atomic E-state index is -4.32. The largest absolute Gasteiger partial charge is 0.489 e. The molecule has 22 heavy (non-hydrogen) atoms. The molecule has 1 heterocycles. The number of halogens is 3. The Labute approximate surface area is 126 Å². The van der Waals surface area contributed by atoms with Crippen molar-refractivity contribution in [3.8, 4) is 5.75 Å². The van der Waals surface area contributed by atoms with Gasteiger partial charge >= 0.3 is 6.18 Å². The first-order valence-corrected chi connectivity index (χ1v) is 7.18. The van der Waals surface area contributed by atoms with Crippen molar-refractivity contribution in [2.45, 2.75) is 25.6 Å².